The standard InChI is InChI=1S/C14H26N4O2/c1-4-15-13(3)18(5-2)14(20)12-17-8-6-16(7-9-17)10-11-19/h4,19H,1,5-12H2,2-3H3. The molecular weight excluding hydrogens is 256 g/mol. The summed E-state index contributed by atoms with van der Waals surface area (Å²) in [5, 5.41) is 8.91. The Bertz CT molecular complexity index is 349. The molecular formula is C14H26N4O2. The van der Waals surface area contributed by atoms with Gasteiger partial charge in [0.05, 0.1) is 13.2 Å². The van der Waals surface area contributed by atoms with E-state index in [1.54, 1.807) is 4.90 Å². The normalized spacial score (nSPS) is 18.1. The average Bonchev–Trinajstić information content (AvgIpc) is 2.42. The molecule has 1 amide bonds. The minimum absolute atomic E-state index is 0.0752. The van der Waals surface area contributed by atoms with Gasteiger partial charge in [0.1, 0.15) is 5.84 Å². The number of likely N-dealkylation sites (N-methyl/N-ethyl adjacent to an activating group) is 1. The first kappa shape index (κ1) is 16.8. The molecule has 1 N–H and O–H groups in total. The van der Waals surface area contributed by atoms with Crippen molar-refractivity contribution in [3.05, 3.63) is 12.8 Å². The van der Waals surface area contributed by atoms with Crippen molar-refractivity contribution in [2.75, 3.05) is 52.4 Å². The van der Waals surface area contributed by atoms with Crippen LogP contribution < -0.4 is 0 Å². The van der Waals surface area contributed by atoms with Crippen LogP contribution in [0.5, 0.6) is 0 Å². The number of amides is 1. The lowest BCUT2D eigenvalue weighted by atomic mass is 10.3. The third kappa shape index (κ3) is 5.03. The third-order valence-corrected chi connectivity index (χ3v) is 3.53. The fraction of sp³-hybridized carbons (Fsp3) is 0.714. The van der Waals surface area contributed by atoms with Gasteiger partial charge in [-0.1, -0.05) is 6.58 Å². The lowest BCUT2D eigenvalue weighted by Crippen LogP contribution is -2.51. The van der Waals surface area contributed by atoms with E-state index in [2.05, 4.69) is 21.4 Å². The number of hydrogen-bond donors (Lipinski definition) is 1. The number of hydrogen-bond acceptors (Lipinski definition) is 5. The Balaban J connectivity index is 2.46. The van der Waals surface area contributed by atoms with E-state index in [0.29, 0.717) is 25.5 Å². The lowest BCUT2D eigenvalue weighted by molar-refractivity contribution is -0.128. The van der Waals surface area contributed by atoms with E-state index in [9.17, 15) is 4.79 Å². The summed E-state index contributed by atoms with van der Waals surface area (Å²) in [7, 11) is 0. The Kier molecular flexibility index (Phi) is 7.43. The number of β-amino-alcohol motifs (C(OH)–C–C–N with tert-alkyl or cyclic N) is 1. The molecule has 0 aromatic rings. The number of aliphatic imine (C=N–C) groups is 1. The van der Waals surface area contributed by atoms with Gasteiger partial charge in [-0.25, -0.2) is 4.99 Å². The van der Waals surface area contributed by atoms with Crippen molar-refractivity contribution in [3.8, 4) is 0 Å². The predicted octanol–water partition coefficient (Wildman–Crippen LogP) is 0.00670. The molecule has 0 saturated carbocycles. The summed E-state index contributed by atoms with van der Waals surface area (Å²) in [6.07, 6.45) is 1.46. The maximum absolute atomic E-state index is 12.3. The molecule has 114 valence electrons. The van der Waals surface area contributed by atoms with Gasteiger partial charge in [-0.05, 0) is 13.8 Å². The molecule has 0 spiro atoms. The van der Waals surface area contributed by atoms with Crippen LogP contribution in [0.2, 0.25) is 0 Å². The highest BCUT2D eigenvalue weighted by Gasteiger charge is 2.21. The Hall–Kier alpha value is -1.24. The maximum atomic E-state index is 12.3. The molecule has 0 atom stereocenters. The Morgan fingerprint density at radius 1 is 1.35 bits per heavy atom. The van der Waals surface area contributed by atoms with Gasteiger partial charge < -0.3 is 5.11 Å². The highest BCUT2D eigenvalue weighted by Crippen LogP contribution is 2.03. The molecule has 6 nitrogen and oxygen atoms in total. The summed E-state index contributed by atoms with van der Waals surface area (Å²) in [6, 6.07) is 0. The Morgan fingerprint density at radius 2 is 1.95 bits per heavy atom. The molecule has 1 fully saturated rings. The quantitative estimate of drug-likeness (QED) is 0.550. The Labute approximate surface area is 121 Å². The number of aliphatic hydroxyl groups excluding tert-OH is 1. The van der Waals surface area contributed by atoms with Gasteiger partial charge in [-0.15, -0.1) is 0 Å². The fourth-order valence-electron chi connectivity index (χ4n) is 2.38. The first-order valence-electron chi connectivity index (χ1n) is 7.13. The van der Waals surface area contributed by atoms with Crippen LogP contribution >= 0.6 is 0 Å². The number of carbonyl (C=O) groups is 1. The van der Waals surface area contributed by atoms with Crippen LogP contribution in [0, 0.1) is 0 Å². The first-order valence-corrected chi connectivity index (χ1v) is 7.13. The van der Waals surface area contributed by atoms with E-state index < -0.39 is 0 Å². The van der Waals surface area contributed by atoms with Gasteiger partial charge in [0, 0.05) is 45.5 Å². The molecule has 0 radical (unpaired) electrons. The van der Waals surface area contributed by atoms with Crippen LogP contribution in [0.3, 0.4) is 0 Å². The van der Waals surface area contributed by atoms with E-state index in [4.69, 9.17) is 5.11 Å². The van der Waals surface area contributed by atoms with Gasteiger partial charge in [-0.2, -0.15) is 0 Å². The molecule has 1 saturated heterocycles. The fourth-order valence-corrected chi connectivity index (χ4v) is 2.38. The average molecular weight is 282 g/mol. The minimum atomic E-state index is 0.0752. The van der Waals surface area contributed by atoms with Crippen molar-refractivity contribution in [3.63, 3.8) is 0 Å². The van der Waals surface area contributed by atoms with E-state index >= 15 is 0 Å². The zero-order valence-electron chi connectivity index (χ0n) is 12.6. The van der Waals surface area contributed by atoms with Gasteiger partial charge in [0.15, 0.2) is 0 Å². The second-order valence-corrected chi connectivity index (χ2v) is 4.84. The predicted molar refractivity (Wildman–Crippen MR) is 80.7 cm³/mol. The van der Waals surface area contributed by atoms with Gasteiger partial charge in [0.25, 0.3) is 0 Å². The summed E-state index contributed by atoms with van der Waals surface area (Å²) in [6.45, 7) is 12.8. The van der Waals surface area contributed by atoms with Gasteiger partial charge in [-0.3, -0.25) is 19.5 Å². The summed E-state index contributed by atoms with van der Waals surface area (Å²) < 4.78 is 0. The van der Waals surface area contributed by atoms with E-state index in [-0.39, 0.29) is 12.5 Å². The number of amidine groups is 1. The van der Waals surface area contributed by atoms with E-state index in [1.807, 2.05) is 13.8 Å². The summed E-state index contributed by atoms with van der Waals surface area (Å²) in [5.74, 6) is 0.762. The van der Waals surface area contributed by atoms with Crippen LogP contribution in [0.15, 0.2) is 17.8 Å². The van der Waals surface area contributed by atoms with Crippen LogP contribution in [0.1, 0.15) is 13.8 Å². The number of piperazine rings is 1. The SMILES string of the molecule is C=CN=C(C)N(CC)C(=O)CN1CCN(CCO)CC1. The van der Waals surface area contributed by atoms with Crippen molar-refractivity contribution < 1.29 is 9.90 Å². The molecule has 0 aliphatic carbocycles. The lowest BCUT2D eigenvalue weighted by Gasteiger charge is -2.34. The minimum Gasteiger partial charge on any atom is -0.395 e. The smallest absolute Gasteiger partial charge is 0.242 e. The summed E-state index contributed by atoms with van der Waals surface area (Å²) >= 11 is 0. The molecule has 1 aliphatic rings. The molecule has 6 heteroatoms. The largest absolute Gasteiger partial charge is 0.395 e. The number of rotatable bonds is 6. The highest BCUT2D eigenvalue weighted by atomic mass is 16.3. The molecule has 0 aromatic carbocycles. The van der Waals surface area contributed by atoms with Gasteiger partial charge >= 0.3 is 0 Å². The molecule has 0 unspecified atom stereocenters. The second-order valence-electron chi connectivity index (χ2n) is 4.84. The van der Waals surface area contributed by atoms with E-state index in [1.165, 1.54) is 6.20 Å². The molecule has 1 aliphatic heterocycles. The van der Waals surface area contributed by atoms with Gasteiger partial charge in [0.2, 0.25) is 5.91 Å². The second kappa shape index (κ2) is 8.84. The van der Waals surface area contributed by atoms with Crippen molar-refractivity contribution >= 4 is 11.7 Å². The first-order chi connectivity index (χ1) is 9.62. The van der Waals surface area contributed by atoms with Crippen LogP contribution in [-0.2, 0) is 4.79 Å². The number of aliphatic hydroxyl groups is 1. The molecule has 20 heavy (non-hydrogen) atoms. The van der Waals surface area contributed by atoms with Crippen LogP contribution in [0.25, 0.3) is 0 Å². The monoisotopic (exact) mass is 282 g/mol. The zero-order valence-corrected chi connectivity index (χ0v) is 12.6. The van der Waals surface area contributed by atoms with Crippen molar-refractivity contribution in [2.45, 2.75) is 13.8 Å². The van der Waals surface area contributed by atoms with Crippen molar-refractivity contribution in [2.24, 2.45) is 4.99 Å². The molecule has 1 rings (SSSR count). The van der Waals surface area contributed by atoms with Crippen molar-refractivity contribution in [1.29, 1.82) is 0 Å². The molecule has 1 heterocycles. The summed E-state index contributed by atoms with van der Waals surface area (Å²) in [5.41, 5.74) is 0. The maximum Gasteiger partial charge on any atom is 0.242 e. The van der Waals surface area contributed by atoms with Crippen LogP contribution in [0.4, 0.5) is 0 Å². The number of nitrogens with zero attached hydrogens (tertiary/aromatic N) is 4. The third-order valence-electron chi connectivity index (χ3n) is 3.53. The highest BCUT2D eigenvalue weighted by molar-refractivity contribution is 5.98. The Morgan fingerprint density at radius 3 is 2.45 bits per heavy atom. The summed E-state index contributed by atoms with van der Waals surface area (Å²) in [4.78, 5) is 22.4. The zero-order chi connectivity index (χ0) is 15.0. The van der Waals surface area contributed by atoms with Crippen LogP contribution in [-0.4, -0.2) is 84.0 Å². The molecule has 0 aromatic heterocycles. The van der Waals surface area contributed by atoms with E-state index in [0.717, 1.165) is 26.2 Å². The molecule has 0 bridgehead atoms. The topological polar surface area (TPSA) is 59.4 Å². The number of carbonyl (C=O) groups excluding carboxylic acids is 1. The van der Waals surface area contributed by atoms with Crippen molar-refractivity contribution in [1.82, 2.24) is 14.7 Å².